The molecule has 2 aliphatic rings. The summed E-state index contributed by atoms with van der Waals surface area (Å²) in [7, 11) is -3.18. The summed E-state index contributed by atoms with van der Waals surface area (Å²) in [5.74, 6) is 0.0773. The molecule has 0 aromatic heterocycles. The molecular weight excluding hydrogens is 330 g/mol. The summed E-state index contributed by atoms with van der Waals surface area (Å²) < 4.78 is 23.9. The highest BCUT2D eigenvalue weighted by Gasteiger charge is 2.31. The van der Waals surface area contributed by atoms with Crippen LogP contribution in [0, 0.1) is 5.92 Å². The van der Waals surface area contributed by atoms with Crippen molar-refractivity contribution in [2.24, 2.45) is 5.92 Å². The van der Waals surface area contributed by atoms with Gasteiger partial charge in [0.05, 0.1) is 18.1 Å². The predicted octanol–water partition coefficient (Wildman–Crippen LogP) is -0.130. The van der Waals surface area contributed by atoms with Gasteiger partial charge in [0.25, 0.3) is 0 Å². The molecule has 1 N–H and O–H groups in total. The van der Waals surface area contributed by atoms with E-state index in [1.807, 2.05) is 18.7 Å². The van der Waals surface area contributed by atoms with E-state index in [-0.39, 0.29) is 41.7 Å². The van der Waals surface area contributed by atoms with Crippen molar-refractivity contribution >= 4 is 21.7 Å². The van der Waals surface area contributed by atoms with E-state index in [9.17, 15) is 18.0 Å². The van der Waals surface area contributed by atoms with Crippen LogP contribution in [0.4, 0.5) is 0 Å². The van der Waals surface area contributed by atoms with E-state index < -0.39 is 9.84 Å². The van der Waals surface area contributed by atoms with Crippen LogP contribution in [0.1, 0.15) is 33.1 Å². The lowest BCUT2D eigenvalue weighted by Crippen LogP contribution is -2.57. The molecule has 0 radical (unpaired) electrons. The number of amides is 2. The largest absolute Gasteiger partial charge is 0.341 e. The molecule has 2 rings (SSSR count). The Balaban J connectivity index is 1.87. The Kier molecular flexibility index (Phi) is 6.62. The first-order valence-corrected chi connectivity index (χ1v) is 10.6. The number of nitrogens with zero attached hydrogens (tertiary/aromatic N) is 2. The van der Waals surface area contributed by atoms with E-state index in [0.29, 0.717) is 26.2 Å². The van der Waals surface area contributed by atoms with Crippen LogP contribution in [0.25, 0.3) is 0 Å². The van der Waals surface area contributed by atoms with Gasteiger partial charge in [0.15, 0.2) is 9.84 Å². The van der Waals surface area contributed by atoms with Crippen LogP contribution < -0.4 is 5.32 Å². The van der Waals surface area contributed by atoms with E-state index in [0.717, 1.165) is 19.4 Å². The van der Waals surface area contributed by atoms with Crippen molar-refractivity contribution < 1.29 is 18.0 Å². The van der Waals surface area contributed by atoms with E-state index in [2.05, 4.69) is 5.32 Å². The number of nitrogens with one attached hydrogen (secondary N) is 1. The normalized spacial score (nSPS) is 23.0. The fourth-order valence-electron chi connectivity index (χ4n) is 3.44. The number of hydrogen-bond acceptors (Lipinski definition) is 5. The van der Waals surface area contributed by atoms with Gasteiger partial charge in [0.1, 0.15) is 0 Å². The Labute approximate surface area is 144 Å². The lowest BCUT2D eigenvalue weighted by molar-refractivity contribution is -0.140. The quantitative estimate of drug-likeness (QED) is 0.714. The molecule has 2 aliphatic heterocycles. The van der Waals surface area contributed by atoms with Crippen molar-refractivity contribution in [1.29, 1.82) is 0 Å². The second-order valence-electron chi connectivity index (χ2n) is 7.16. The minimum Gasteiger partial charge on any atom is -0.341 e. The Hall–Kier alpha value is -1.15. The van der Waals surface area contributed by atoms with Crippen molar-refractivity contribution in [1.82, 2.24) is 15.1 Å². The summed E-state index contributed by atoms with van der Waals surface area (Å²) >= 11 is 0. The fraction of sp³-hybridized carbons (Fsp3) is 0.875. The number of piperidine rings is 1. The Morgan fingerprint density at radius 2 is 2.08 bits per heavy atom. The van der Waals surface area contributed by atoms with Crippen molar-refractivity contribution in [3.05, 3.63) is 0 Å². The summed E-state index contributed by atoms with van der Waals surface area (Å²) in [6.07, 6.45) is 1.80. The molecule has 0 aromatic rings. The molecular formula is C16H29N3O4S. The molecule has 138 valence electrons. The second-order valence-corrected chi connectivity index (χ2v) is 9.39. The predicted molar refractivity (Wildman–Crippen MR) is 92.3 cm³/mol. The molecule has 2 saturated heterocycles. The van der Waals surface area contributed by atoms with Gasteiger partial charge in [-0.2, -0.15) is 0 Å². The number of sulfone groups is 1. The number of hydrogen-bond donors (Lipinski definition) is 1. The molecule has 0 aliphatic carbocycles. The zero-order chi connectivity index (χ0) is 17.7. The summed E-state index contributed by atoms with van der Waals surface area (Å²) in [4.78, 5) is 28.0. The molecule has 24 heavy (non-hydrogen) atoms. The van der Waals surface area contributed by atoms with E-state index in [1.165, 1.54) is 0 Å². The highest BCUT2D eigenvalue weighted by Crippen LogP contribution is 2.18. The number of carbonyl (C=O) groups is 2. The second kappa shape index (κ2) is 8.29. The van der Waals surface area contributed by atoms with Crippen LogP contribution in [0.15, 0.2) is 0 Å². The summed E-state index contributed by atoms with van der Waals surface area (Å²) in [5.41, 5.74) is 0. The van der Waals surface area contributed by atoms with Crippen molar-refractivity contribution in [2.45, 2.75) is 39.2 Å². The van der Waals surface area contributed by atoms with Crippen molar-refractivity contribution in [3.63, 3.8) is 0 Å². The molecule has 0 spiro atoms. The lowest BCUT2D eigenvalue weighted by atomic mass is 10.0. The maximum absolute atomic E-state index is 12.4. The number of piperazine rings is 1. The third-order valence-electron chi connectivity index (χ3n) is 4.53. The first kappa shape index (κ1) is 19.2. The lowest BCUT2D eigenvalue weighted by Gasteiger charge is -2.41. The van der Waals surface area contributed by atoms with E-state index in [4.69, 9.17) is 0 Å². The molecule has 0 aromatic carbocycles. The van der Waals surface area contributed by atoms with Crippen LogP contribution in [0.5, 0.6) is 0 Å². The molecule has 1 atom stereocenters. The Bertz CT molecular complexity index is 562. The zero-order valence-electron chi connectivity index (χ0n) is 14.7. The molecule has 1 unspecified atom stereocenters. The summed E-state index contributed by atoms with van der Waals surface area (Å²) in [6.45, 7) is 6.71. The maximum atomic E-state index is 12.4. The smallest absolute Gasteiger partial charge is 0.236 e. The molecule has 7 nitrogen and oxygen atoms in total. The van der Waals surface area contributed by atoms with Gasteiger partial charge in [-0.05, 0) is 18.8 Å². The molecule has 8 heteroatoms. The molecule has 0 bridgehead atoms. The average Bonchev–Trinajstić information content (AvgIpc) is 2.52. The monoisotopic (exact) mass is 359 g/mol. The van der Waals surface area contributed by atoms with Crippen molar-refractivity contribution in [2.75, 3.05) is 44.2 Å². The number of rotatable bonds is 6. The third-order valence-corrected chi connectivity index (χ3v) is 6.53. The maximum Gasteiger partial charge on any atom is 0.236 e. The van der Waals surface area contributed by atoms with Gasteiger partial charge in [-0.3, -0.25) is 9.59 Å². The molecule has 2 heterocycles. The number of carbonyl (C=O) groups excluding carboxylic acids is 2. The van der Waals surface area contributed by atoms with Crippen LogP contribution >= 0.6 is 0 Å². The highest BCUT2D eigenvalue weighted by molar-refractivity contribution is 7.91. The van der Waals surface area contributed by atoms with Gasteiger partial charge in [-0.25, -0.2) is 8.42 Å². The topological polar surface area (TPSA) is 86.8 Å². The van der Waals surface area contributed by atoms with Crippen molar-refractivity contribution in [3.8, 4) is 0 Å². The molecule has 0 saturated carbocycles. The minimum atomic E-state index is -3.18. The van der Waals surface area contributed by atoms with Gasteiger partial charge >= 0.3 is 0 Å². The average molecular weight is 359 g/mol. The molecule has 2 amide bonds. The van der Waals surface area contributed by atoms with E-state index in [1.54, 1.807) is 4.90 Å². The fourth-order valence-corrected chi connectivity index (χ4v) is 5.10. The van der Waals surface area contributed by atoms with Crippen LogP contribution in [0.2, 0.25) is 0 Å². The first-order valence-electron chi connectivity index (χ1n) is 8.77. The summed E-state index contributed by atoms with van der Waals surface area (Å²) in [5, 5.41) is 3.05. The van der Waals surface area contributed by atoms with Gasteiger partial charge in [0.2, 0.25) is 11.8 Å². The van der Waals surface area contributed by atoms with Gasteiger partial charge in [-0.1, -0.05) is 13.8 Å². The Morgan fingerprint density at radius 1 is 1.33 bits per heavy atom. The summed E-state index contributed by atoms with van der Waals surface area (Å²) in [6, 6.07) is 0.0598. The van der Waals surface area contributed by atoms with Crippen LogP contribution in [0.3, 0.4) is 0 Å². The van der Waals surface area contributed by atoms with Gasteiger partial charge < -0.3 is 15.1 Å². The minimum absolute atomic E-state index is 0.0390. The van der Waals surface area contributed by atoms with E-state index >= 15 is 0 Å². The Morgan fingerprint density at radius 3 is 2.75 bits per heavy atom. The number of likely N-dealkylation sites (tertiary alicyclic amines) is 1. The third kappa shape index (κ3) is 5.44. The highest BCUT2D eigenvalue weighted by atomic mass is 32.2. The van der Waals surface area contributed by atoms with Gasteiger partial charge in [0, 0.05) is 38.6 Å². The van der Waals surface area contributed by atoms with Crippen LogP contribution in [-0.2, 0) is 19.4 Å². The first-order chi connectivity index (χ1) is 11.3. The zero-order valence-corrected chi connectivity index (χ0v) is 15.5. The standard InChI is InChI=1S/C16H29N3O4S/c1-13(2)12-24(22,23)9-5-15(20)18-7-3-4-14(11-18)19-8-6-17-10-16(19)21/h13-14,17H,3-12H2,1-2H3. The molecule has 2 fully saturated rings. The van der Waals surface area contributed by atoms with Crippen LogP contribution in [-0.4, -0.2) is 80.3 Å². The SMILES string of the molecule is CC(C)CS(=O)(=O)CCC(=O)N1CCCC(N2CCNCC2=O)C1. The van der Waals surface area contributed by atoms with Gasteiger partial charge in [-0.15, -0.1) is 0 Å².